The topological polar surface area (TPSA) is 42.0 Å². The van der Waals surface area contributed by atoms with E-state index in [4.69, 9.17) is 11.6 Å². The van der Waals surface area contributed by atoms with E-state index < -0.39 is 0 Å². The largest absolute Gasteiger partial charge is 0.349 e. The van der Waals surface area contributed by atoms with Crippen LogP contribution in [0, 0.1) is 0 Å². The summed E-state index contributed by atoms with van der Waals surface area (Å²) in [6, 6.07) is 3.36. The van der Waals surface area contributed by atoms with Crippen molar-refractivity contribution in [2.75, 3.05) is 0 Å². The van der Waals surface area contributed by atoms with E-state index in [2.05, 4.69) is 10.3 Å². The maximum Gasteiger partial charge on any atom is 0.270 e. The number of hydrogen-bond acceptors (Lipinski definition) is 2. The summed E-state index contributed by atoms with van der Waals surface area (Å²) >= 11 is 5.63. The van der Waals surface area contributed by atoms with Crippen LogP contribution in [-0.2, 0) is 0 Å². The van der Waals surface area contributed by atoms with Gasteiger partial charge in [-0.2, -0.15) is 0 Å². The second-order valence-corrected chi connectivity index (χ2v) is 3.43. The zero-order valence-electron chi connectivity index (χ0n) is 7.54. The molecule has 0 radical (unpaired) electrons. The smallest absolute Gasteiger partial charge is 0.270 e. The molecule has 0 saturated carbocycles. The molecule has 1 amide bonds. The standard InChI is InChI=1S/C9H11ClN2O/c1-6(2)12-9(13)8-4-3-7(10)5-11-8/h3-6H,1-2H3,(H,12,13). The molecule has 0 atom stereocenters. The van der Waals surface area contributed by atoms with Crippen LogP contribution < -0.4 is 5.32 Å². The maximum atomic E-state index is 11.3. The molecule has 0 aliphatic rings. The van der Waals surface area contributed by atoms with E-state index in [1.54, 1.807) is 12.1 Å². The fourth-order valence-electron chi connectivity index (χ4n) is 0.846. The Morgan fingerprint density at radius 1 is 1.54 bits per heavy atom. The highest BCUT2D eigenvalue weighted by Gasteiger charge is 2.07. The van der Waals surface area contributed by atoms with E-state index in [1.165, 1.54) is 6.20 Å². The molecule has 0 aliphatic heterocycles. The molecule has 1 heterocycles. The van der Waals surface area contributed by atoms with Crippen LogP contribution in [0.15, 0.2) is 18.3 Å². The van der Waals surface area contributed by atoms with Crippen LogP contribution >= 0.6 is 11.6 Å². The molecule has 0 aromatic carbocycles. The van der Waals surface area contributed by atoms with Crippen LogP contribution in [0.2, 0.25) is 5.02 Å². The first-order chi connectivity index (χ1) is 6.09. The van der Waals surface area contributed by atoms with Crippen molar-refractivity contribution >= 4 is 17.5 Å². The van der Waals surface area contributed by atoms with E-state index in [0.717, 1.165) is 0 Å². The molecule has 3 nitrogen and oxygen atoms in total. The van der Waals surface area contributed by atoms with Crippen LogP contribution in [0.3, 0.4) is 0 Å². The van der Waals surface area contributed by atoms with Gasteiger partial charge in [-0.25, -0.2) is 4.98 Å². The van der Waals surface area contributed by atoms with E-state index in [9.17, 15) is 4.79 Å². The molecule has 1 aromatic rings. The summed E-state index contributed by atoms with van der Waals surface area (Å²) in [7, 11) is 0. The summed E-state index contributed by atoms with van der Waals surface area (Å²) in [5, 5.41) is 3.26. The Hall–Kier alpha value is -1.09. The maximum absolute atomic E-state index is 11.3. The third-order valence-corrected chi connectivity index (χ3v) is 1.60. The summed E-state index contributed by atoms with van der Waals surface area (Å²) in [4.78, 5) is 15.2. The van der Waals surface area contributed by atoms with Crippen LogP contribution in [-0.4, -0.2) is 16.9 Å². The minimum absolute atomic E-state index is 0.116. The summed E-state index contributed by atoms with van der Waals surface area (Å²) in [6.45, 7) is 3.79. The van der Waals surface area contributed by atoms with Gasteiger partial charge in [-0.1, -0.05) is 11.6 Å². The van der Waals surface area contributed by atoms with Crippen molar-refractivity contribution in [1.29, 1.82) is 0 Å². The number of amides is 1. The lowest BCUT2D eigenvalue weighted by Gasteiger charge is -2.06. The molecule has 0 spiro atoms. The molecular formula is C9H11ClN2O. The van der Waals surface area contributed by atoms with Crippen molar-refractivity contribution in [3.63, 3.8) is 0 Å². The van der Waals surface area contributed by atoms with Crippen molar-refractivity contribution < 1.29 is 4.79 Å². The normalized spacial score (nSPS) is 10.2. The zero-order valence-corrected chi connectivity index (χ0v) is 8.30. The van der Waals surface area contributed by atoms with E-state index >= 15 is 0 Å². The molecule has 0 unspecified atom stereocenters. The number of nitrogens with one attached hydrogen (secondary N) is 1. The van der Waals surface area contributed by atoms with Gasteiger partial charge < -0.3 is 5.32 Å². The first-order valence-corrected chi connectivity index (χ1v) is 4.40. The number of rotatable bonds is 2. The predicted octanol–water partition coefficient (Wildman–Crippen LogP) is 1.87. The fourth-order valence-corrected chi connectivity index (χ4v) is 0.958. The minimum atomic E-state index is -0.174. The predicted molar refractivity (Wildman–Crippen MR) is 51.8 cm³/mol. The molecular weight excluding hydrogens is 188 g/mol. The first kappa shape index (κ1) is 9.99. The molecule has 0 aliphatic carbocycles. The van der Waals surface area contributed by atoms with Crippen molar-refractivity contribution in [2.45, 2.75) is 19.9 Å². The van der Waals surface area contributed by atoms with Gasteiger partial charge in [-0.15, -0.1) is 0 Å². The number of hydrogen-bond donors (Lipinski definition) is 1. The van der Waals surface area contributed by atoms with Gasteiger partial charge >= 0.3 is 0 Å². The highest BCUT2D eigenvalue weighted by atomic mass is 35.5. The van der Waals surface area contributed by atoms with Gasteiger partial charge in [0, 0.05) is 12.2 Å². The molecule has 1 N–H and O–H groups in total. The fraction of sp³-hybridized carbons (Fsp3) is 0.333. The van der Waals surface area contributed by atoms with Crippen LogP contribution in [0.25, 0.3) is 0 Å². The summed E-state index contributed by atoms with van der Waals surface area (Å²) in [6.07, 6.45) is 1.46. The Labute approximate surface area is 82.1 Å². The number of halogens is 1. The summed E-state index contributed by atoms with van der Waals surface area (Å²) < 4.78 is 0. The molecule has 0 bridgehead atoms. The Morgan fingerprint density at radius 3 is 2.69 bits per heavy atom. The molecule has 13 heavy (non-hydrogen) atoms. The van der Waals surface area contributed by atoms with Crippen molar-refractivity contribution in [1.82, 2.24) is 10.3 Å². The quantitative estimate of drug-likeness (QED) is 0.789. The van der Waals surface area contributed by atoms with E-state index in [1.807, 2.05) is 13.8 Å². The Kier molecular flexibility index (Phi) is 3.25. The Balaban J connectivity index is 2.72. The molecule has 1 aromatic heterocycles. The van der Waals surface area contributed by atoms with Gasteiger partial charge in [0.05, 0.1) is 5.02 Å². The van der Waals surface area contributed by atoms with Crippen LogP contribution in [0.1, 0.15) is 24.3 Å². The average molecular weight is 199 g/mol. The SMILES string of the molecule is CC(C)NC(=O)c1ccc(Cl)cn1. The number of carbonyl (C=O) groups excluding carboxylic acids is 1. The highest BCUT2D eigenvalue weighted by Crippen LogP contribution is 2.05. The zero-order chi connectivity index (χ0) is 9.84. The lowest BCUT2D eigenvalue weighted by atomic mass is 10.3. The molecule has 1 rings (SSSR count). The van der Waals surface area contributed by atoms with Gasteiger partial charge in [0.1, 0.15) is 5.69 Å². The Morgan fingerprint density at radius 2 is 2.23 bits per heavy atom. The Bertz CT molecular complexity index is 295. The lowest BCUT2D eigenvalue weighted by Crippen LogP contribution is -2.30. The lowest BCUT2D eigenvalue weighted by molar-refractivity contribution is 0.0938. The van der Waals surface area contributed by atoms with Gasteiger partial charge in [-0.3, -0.25) is 4.79 Å². The monoisotopic (exact) mass is 198 g/mol. The summed E-state index contributed by atoms with van der Waals surface area (Å²) in [5.74, 6) is -0.174. The number of pyridine rings is 1. The van der Waals surface area contributed by atoms with Crippen molar-refractivity contribution in [3.05, 3.63) is 29.0 Å². The third-order valence-electron chi connectivity index (χ3n) is 1.38. The van der Waals surface area contributed by atoms with Gasteiger partial charge in [0.2, 0.25) is 0 Å². The average Bonchev–Trinajstić information content (AvgIpc) is 2.04. The van der Waals surface area contributed by atoms with Crippen molar-refractivity contribution in [2.24, 2.45) is 0 Å². The molecule has 0 saturated heterocycles. The number of nitrogens with zero attached hydrogens (tertiary/aromatic N) is 1. The molecule has 0 fully saturated rings. The second kappa shape index (κ2) is 4.23. The first-order valence-electron chi connectivity index (χ1n) is 4.02. The second-order valence-electron chi connectivity index (χ2n) is 2.99. The highest BCUT2D eigenvalue weighted by molar-refractivity contribution is 6.30. The molecule has 4 heteroatoms. The molecule has 70 valence electrons. The van der Waals surface area contributed by atoms with E-state index in [-0.39, 0.29) is 11.9 Å². The van der Waals surface area contributed by atoms with Gasteiger partial charge in [-0.05, 0) is 26.0 Å². The number of carbonyl (C=O) groups is 1. The third kappa shape index (κ3) is 3.03. The minimum Gasteiger partial charge on any atom is -0.349 e. The van der Waals surface area contributed by atoms with Gasteiger partial charge in [0.25, 0.3) is 5.91 Å². The number of aromatic nitrogens is 1. The summed E-state index contributed by atoms with van der Waals surface area (Å²) in [5.41, 5.74) is 0.387. The van der Waals surface area contributed by atoms with Crippen LogP contribution in [0.4, 0.5) is 0 Å². The van der Waals surface area contributed by atoms with Crippen molar-refractivity contribution in [3.8, 4) is 0 Å². The van der Waals surface area contributed by atoms with E-state index in [0.29, 0.717) is 10.7 Å². The van der Waals surface area contributed by atoms with Gasteiger partial charge in [0.15, 0.2) is 0 Å². The van der Waals surface area contributed by atoms with Crippen LogP contribution in [0.5, 0.6) is 0 Å².